The van der Waals surface area contributed by atoms with Crippen LogP contribution < -0.4 is 9.47 Å². The third kappa shape index (κ3) is 5.80. The van der Waals surface area contributed by atoms with Crippen molar-refractivity contribution in [3.63, 3.8) is 0 Å². The Balaban J connectivity index is 0.00000300. The molecule has 1 unspecified atom stereocenters. The lowest BCUT2D eigenvalue weighted by Gasteiger charge is -2.38. The molecular weight excluding hydrogens is 403 g/mol. The van der Waals surface area contributed by atoms with Crippen LogP contribution >= 0.6 is 12.4 Å². The molecule has 7 heteroatoms. The van der Waals surface area contributed by atoms with E-state index in [1.807, 2.05) is 51.0 Å². The van der Waals surface area contributed by atoms with Gasteiger partial charge in [0.05, 0.1) is 5.56 Å². The predicted octanol–water partition coefficient (Wildman–Crippen LogP) is 5.76. The first-order valence-electron chi connectivity index (χ1n) is 9.33. The van der Waals surface area contributed by atoms with Gasteiger partial charge in [-0.3, -0.25) is 0 Å². The number of benzene rings is 2. The van der Waals surface area contributed by atoms with E-state index in [0.29, 0.717) is 13.0 Å². The number of rotatable bonds is 5. The number of nitrogens with zero attached hydrogens (tertiary/aromatic N) is 1. The number of fused-ring (bicyclic) bond motifs is 1. The Labute approximate surface area is 176 Å². The standard InChI is InChI=1S/C22H26F3NO2.ClH/c1-21(2)14-19(15-5-7-16(8-6-15)22(23,24)25)18-10-9-17(13-20(18)28-21)27-12-11-26(3)4;/h5-10,13,19H,11-12,14H2,1-4H3;1H. The molecule has 0 radical (unpaired) electrons. The SMILES string of the molecule is CN(C)CCOc1ccc2c(c1)OC(C)(C)CC2c1ccc(C(F)(F)F)cc1.Cl. The van der Waals surface area contributed by atoms with Crippen molar-refractivity contribution < 1.29 is 22.6 Å². The molecule has 1 atom stereocenters. The fourth-order valence-electron chi connectivity index (χ4n) is 3.47. The van der Waals surface area contributed by atoms with E-state index < -0.39 is 17.3 Å². The Morgan fingerprint density at radius 3 is 2.34 bits per heavy atom. The van der Waals surface area contributed by atoms with Gasteiger partial charge in [0.2, 0.25) is 0 Å². The molecule has 0 N–H and O–H groups in total. The molecule has 1 aliphatic rings. The van der Waals surface area contributed by atoms with Crippen LogP contribution in [0.5, 0.6) is 11.5 Å². The second-order valence-electron chi connectivity index (χ2n) is 8.09. The molecule has 0 spiro atoms. The van der Waals surface area contributed by atoms with E-state index in [1.54, 1.807) is 12.1 Å². The molecule has 0 aliphatic carbocycles. The molecule has 0 amide bonds. The number of hydrogen-bond donors (Lipinski definition) is 0. The lowest BCUT2D eigenvalue weighted by Crippen LogP contribution is -2.35. The van der Waals surface area contributed by atoms with Crippen LogP contribution in [0.2, 0.25) is 0 Å². The largest absolute Gasteiger partial charge is 0.492 e. The van der Waals surface area contributed by atoms with Gasteiger partial charge in [-0.15, -0.1) is 12.4 Å². The molecule has 1 heterocycles. The summed E-state index contributed by atoms with van der Waals surface area (Å²) in [6.07, 6.45) is -3.64. The minimum atomic E-state index is -4.33. The van der Waals surface area contributed by atoms with Crippen molar-refractivity contribution >= 4 is 12.4 Å². The lowest BCUT2D eigenvalue weighted by atomic mass is 9.80. The van der Waals surface area contributed by atoms with Crippen molar-refractivity contribution in [2.24, 2.45) is 0 Å². The summed E-state index contributed by atoms with van der Waals surface area (Å²) in [4.78, 5) is 2.04. The number of ether oxygens (including phenoxy) is 2. The molecule has 0 fully saturated rings. The van der Waals surface area contributed by atoms with Crippen LogP contribution in [0.4, 0.5) is 13.2 Å². The highest BCUT2D eigenvalue weighted by atomic mass is 35.5. The third-order valence-corrected chi connectivity index (χ3v) is 4.89. The predicted molar refractivity (Wildman–Crippen MR) is 110 cm³/mol. The van der Waals surface area contributed by atoms with E-state index >= 15 is 0 Å². The van der Waals surface area contributed by atoms with Gasteiger partial charge in [0, 0.05) is 24.1 Å². The molecule has 2 aromatic carbocycles. The molecular formula is C22H27ClF3NO2. The molecule has 0 saturated carbocycles. The van der Waals surface area contributed by atoms with Crippen LogP contribution in [-0.4, -0.2) is 37.7 Å². The van der Waals surface area contributed by atoms with Gasteiger partial charge in [-0.2, -0.15) is 13.2 Å². The van der Waals surface area contributed by atoms with E-state index in [4.69, 9.17) is 9.47 Å². The summed E-state index contributed by atoms with van der Waals surface area (Å²) in [5.74, 6) is 1.42. The summed E-state index contributed by atoms with van der Waals surface area (Å²) >= 11 is 0. The van der Waals surface area contributed by atoms with Gasteiger partial charge < -0.3 is 14.4 Å². The second kappa shape index (κ2) is 8.84. The Morgan fingerprint density at radius 1 is 1.10 bits per heavy atom. The normalized spacial score (nSPS) is 17.9. The average molecular weight is 430 g/mol. The van der Waals surface area contributed by atoms with Gasteiger partial charge in [-0.05, 0) is 58.1 Å². The summed E-state index contributed by atoms with van der Waals surface area (Å²) in [7, 11) is 3.97. The van der Waals surface area contributed by atoms with Crippen LogP contribution in [0.3, 0.4) is 0 Å². The first-order chi connectivity index (χ1) is 13.0. The summed E-state index contributed by atoms with van der Waals surface area (Å²) in [6, 6.07) is 11.2. The zero-order chi connectivity index (χ0) is 20.5. The van der Waals surface area contributed by atoms with E-state index in [9.17, 15) is 13.2 Å². The summed E-state index contributed by atoms with van der Waals surface area (Å²) in [6.45, 7) is 5.36. The fourth-order valence-corrected chi connectivity index (χ4v) is 3.47. The monoisotopic (exact) mass is 429 g/mol. The zero-order valence-corrected chi connectivity index (χ0v) is 17.9. The summed E-state index contributed by atoms with van der Waals surface area (Å²) in [5.41, 5.74) is 0.765. The minimum absolute atomic E-state index is 0. The van der Waals surface area contributed by atoms with Gasteiger partial charge in [-0.1, -0.05) is 18.2 Å². The van der Waals surface area contributed by atoms with E-state index in [-0.39, 0.29) is 18.3 Å². The van der Waals surface area contributed by atoms with Gasteiger partial charge in [-0.25, -0.2) is 0 Å². The molecule has 2 aromatic rings. The summed E-state index contributed by atoms with van der Waals surface area (Å²) in [5, 5.41) is 0. The number of likely N-dealkylation sites (N-methyl/N-ethyl adjacent to an activating group) is 1. The van der Waals surface area contributed by atoms with Crippen LogP contribution in [0.15, 0.2) is 42.5 Å². The highest BCUT2D eigenvalue weighted by Gasteiger charge is 2.36. The first kappa shape index (κ1) is 23.4. The van der Waals surface area contributed by atoms with Crippen LogP contribution in [-0.2, 0) is 6.18 Å². The molecule has 0 bridgehead atoms. The minimum Gasteiger partial charge on any atom is -0.492 e. The van der Waals surface area contributed by atoms with E-state index in [0.717, 1.165) is 41.3 Å². The van der Waals surface area contributed by atoms with Crippen molar-refractivity contribution in [3.05, 3.63) is 59.2 Å². The van der Waals surface area contributed by atoms with Gasteiger partial charge in [0.1, 0.15) is 23.7 Å². The van der Waals surface area contributed by atoms with Gasteiger partial charge in [0.25, 0.3) is 0 Å². The Kier molecular flexibility index (Phi) is 7.12. The van der Waals surface area contributed by atoms with E-state index in [1.165, 1.54) is 0 Å². The Bertz CT molecular complexity index is 820. The maximum Gasteiger partial charge on any atom is 0.416 e. The number of halogens is 4. The maximum atomic E-state index is 12.9. The molecule has 0 aromatic heterocycles. The van der Waals surface area contributed by atoms with Crippen molar-refractivity contribution in [2.45, 2.75) is 38.0 Å². The van der Waals surface area contributed by atoms with Crippen molar-refractivity contribution in [3.8, 4) is 11.5 Å². The molecule has 160 valence electrons. The van der Waals surface area contributed by atoms with Gasteiger partial charge >= 0.3 is 6.18 Å². The highest BCUT2D eigenvalue weighted by molar-refractivity contribution is 5.85. The van der Waals surface area contributed by atoms with E-state index in [2.05, 4.69) is 0 Å². The topological polar surface area (TPSA) is 21.7 Å². The van der Waals surface area contributed by atoms with Crippen molar-refractivity contribution in [1.82, 2.24) is 4.90 Å². The molecule has 29 heavy (non-hydrogen) atoms. The molecule has 3 rings (SSSR count). The number of hydrogen-bond acceptors (Lipinski definition) is 3. The Hall–Kier alpha value is -1.92. The van der Waals surface area contributed by atoms with Crippen molar-refractivity contribution in [1.29, 1.82) is 0 Å². The zero-order valence-electron chi connectivity index (χ0n) is 17.0. The third-order valence-electron chi connectivity index (χ3n) is 4.89. The molecule has 1 aliphatic heterocycles. The quantitative estimate of drug-likeness (QED) is 0.603. The van der Waals surface area contributed by atoms with Crippen molar-refractivity contribution in [2.75, 3.05) is 27.2 Å². The lowest BCUT2D eigenvalue weighted by molar-refractivity contribution is -0.137. The Morgan fingerprint density at radius 2 is 1.76 bits per heavy atom. The fraction of sp³-hybridized carbons (Fsp3) is 0.455. The maximum absolute atomic E-state index is 12.9. The van der Waals surface area contributed by atoms with Crippen LogP contribution in [0.1, 0.15) is 42.9 Å². The van der Waals surface area contributed by atoms with Crippen LogP contribution in [0.25, 0.3) is 0 Å². The smallest absolute Gasteiger partial charge is 0.416 e. The molecule has 0 saturated heterocycles. The number of alkyl halides is 3. The van der Waals surface area contributed by atoms with Crippen LogP contribution in [0, 0.1) is 0 Å². The van der Waals surface area contributed by atoms with Gasteiger partial charge in [0.15, 0.2) is 0 Å². The first-order valence-corrected chi connectivity index (χ1v) is 9.33. The summed E-state index contributed by atoms with van der Waals surface area (Å²) < 4.78 is 50.6. The second-order valence-corrected chi connectivity index (χ2v) is 8.09. The molecule has 3 nitrogen and oxygen atoms in total. The highest BCUT2D eigenvalue weighted by Crippen LogP contribution is 2.45. The average Bonchev–Trinajstić information content (AvgIpc) is 2.59.